The summed E-state index contributed by atoms with van der Waals surface area (Å²) in [5.41, 5.74) is 4.83. The van der Waals surface area contributed by atoms with Crippen LogP contribution in [0.1, 0.15) is 10.4 Å². The Hall–Kier alpha value is -3.78. The molecule has 7 nitrogen and oxygen atoms in total. The number of amides is 1. The SMILES string of the molecule is COc1ccc(/C=N\NC(=O)Cn2cnc3sc(C)c(-c4ccccc4)c3c2=O)cc1. The highest BCUT2D eigenvalue weighted by Gasteiger charge is 2.17. The Morgan fingerprint density at radius 3 is 2.65 bits per heavy atom. The second kappa shape index (κ2) is 8.93. The third-order valence-corrected chi connectivity index (χ3v) is 5.76. The van der Waals surface area contributed by atoms with Crippen LogP contribution in [-0.2, 0) is 11.3 Å². The van der Waals surface area contributed by atoms with Gasteiger partial charge in [-0.3, -0.25) is 14.2 Å². The number of carbonyl (C=O) groups excluding carboxylic acids is 1. The van der Waals surface area contributed by atoms with E-state index in [0.29, 0.717) is 10.2 Å². The fourth-order valence-electron chi connectivity index (χ4n) is 3.26. The predicted octanol–water partition coefficient (Wildman–Crippen LogP) is 3.59. The molecule has 4 aromatic rings. The van der Waals surface area contributed by atoms with Crippen molar-refractivity contribution in [1.29, 1.82) is 0 Å². The second-order valence-electron chi connectivity index (χ2n) is 6.82. The van der Waals surface area contributed by atoms with Crippen molar-refractivity contribution in [2.45, 2.75) is 13.5 Å². The smallest absolute Gasteiger partial charge is 0.263 e. The topological polar surface area (TPSA) is 85.6 Å². The average Bonchev–Trinajstić information content (AvgIpc) is 3.13. The fraction of sp³-hybridized carbons (Fsp3) is 0.130. The minimum atomic E-state index is -0.416. The van der Waals surface area contributed by atoms with Crippen LogP contribution >= 0.6 is 11.3 Å². The first kappa shape index (κ1) is 20.5. The summed E-state index contributed by atoms with van der Waals surface area (Å²) in [4.78, 5) is 31.5. The Balaban J connectivity index is 1.54. The van der Waals surface area contributed by atoms with Gasteiger partial charge < -0.3 is 4.74 Å². The largest absolute Gasteiger partial charge is 0.497 e. The molecule has 0 aliphatic rings. The molecule has 1 amide bonds. The minimum absolute atomic E-state index is 0.176. The van der Waals surface area contributed by atoms with Gasteiger partial charge in [-0.2, -0.15) is 5.10 Å². The number of thiophene rings is 1. The number of fused-ring (bicyclic) bond motifs is 1. The third kappa shape index (κ3) is 4.39. The summed E-state index contributed by atoms with van der Waals surface area (Å²) in [5, 5.41) is 4.49. The van der Waals surface area contributed by atoms with E-state index in [-0.39, 0.29) is 12.1 Å². The van der Waals surface area contributed by atoms with Crippen LogP contribution in [-0.4, -0.2) is 28.8 Å². The number of carbonyl (C=O) groups is 1. The van der Waals surface area contributed by atoms with E-state index in [4.69, 9.17) is 4.74 Å². The third-order valence-electron chi connectivity index (χ3n) is 4.75. The highest BCUT2D eigenvalue weighted by atomic mass is 32.1. The average molecular weight is 433 g/mol. The number of hydrogen-bond donors (Lipinski definition) is 1. The van der Waals surface area contributed by atoms with Gasteiger partial charge in [0.25, 0.3) is 11.5 Å². The zero-order valence-electron chi connectivity index (χ0n) is 17.0. The molecule has 0 radical (unpaired) electrons. The van der Waals surface area contributed by atoms with E-state index in [1.54, 1.807) is 19.2 Å². The van der Waals surface area contributed by atoms with E-state index in [1.165, 1.54) is 28.4 Å². The Kier molecular flexibility index (Phi) is 5.90. The molecular formula is C23H20N4O3S. The van der Waals surface area contributed by atoms with E-state index < -0.39 is 5.91 Å². The first-order valence-corrected chi connectivity index (χ1v) is 10.4. The lowest BCUT2D eigenvalue weighted by atomic mass is 10.0. The molecule has 31 heavy (non-hydrogen) atoms. The molecule has 0 atom stereocenters. The lowest BCUT2D eigenvalue weighted by molar-refractivity contribution is -0.121. The molecule has 0 fully saturated rings. The molecular weight excluding hydrogens is 412 g/mol. The van der Waals surface area contributed by atoms with Gasteiger partial charge in [0.2, 0.25) is 0 Å². The van der Waals surface area contributed by atoms with E-state index in [0.717, 1.165) is 27.3 Å². The van der Waals surface area contributed by atoms with Gasteiger partial charge in [-0.05, 0) is 42.3 Å². The Morgan fingerprint density at radius 2 is 1.94 bits per heavy atom. The summed E-state index contributed by atoms with van der Waals surface area (Å²) in [5.74, 6) is 0.322. The fourth-order valence-corrected chi connectivity index (χ4v) is 4.26. The van der Waals surface area contributed by atoms with E-state index in [2.05, 4.69) is 15.5 Å². The highest BCUT2D eigenvalue weighted by Crippen LogP contribution is 2.35. The highest BCUT2D eigenvalue weighted by molar-refractivity contribution is 7.19. The molecule has 0 saturated carbocycles. The van der Waals surface area contributed by atoms with Crippen LogP contribution in [0.15, 0.2) is 70.8 Å². The Labute approximate surface area is 182 Å². The van der Waals surface area contributed by atoms with Gasteiger partial charge in [-0.25, -0.2) is 10.4 Å². The van der Waals surface area contributed by atoms with Gasteiger partial charge in [0, 0.05) is 10.4 Å². The quantitative estimate of drug-likeness (QED) is 0.373. The summed E-state index contributed by atoms with van der Waals surface area (Å²) < 4.78 is 6.41. The number of hydrogen-bond acceptors (Lipinski definition) is 6. The van der Waals surface area contributed by atoms with Crippen molar-refractivity contribution < 1.29 is 9.53 Å². The molecule has 0 spiro atoms. The van der Waals surface area contributed by atoms with E-state index >= 15 is 0 Å². The number of aromatic nitrogens is 2. The molecule has 2 aromatic heterocycles. The van der Waals surface area contributed by atoms with Crippen molar-refractivity contribution in [3.8, 4) is 16.9 Å². The zero-order chi connectivity index (χ0) is 21.8. The standard InChI is InChI=1S/C23H20N4O3S/c1-15-20(17-6-4-3-5-7-17)21-22(31-15)24-14-27(23(21)29)13-19(28)26-25-12-16-8-10-18(30-2)11-9-16/h3-12,14H,13H2,1-2H3,(H,26,28)/b25-12-. The van der Waals surface area contributed by atoms with Gasteiger partial charge >= 0.3 is 0 Å². The molecule has 156 valence electrons. The number of benzene rings is 2. The number of ether oxygens (including phenoxy) is 1. The molecule has 2 heterocycles. The van der Waals surface area contributed by atoms with Crippen molar-refractivity contribution in [1.82, 2.24) is 15.0 Å². The van der Waals surface area contributed by atoms with E-state index in [1.807, 2.05) is 49.4 Å². The van der Waals surface area contributed by atoms with Crippen molar-refractivity contribution in [3.63, 3.8) is 0 Å². The summed E-state index contributed by atoms with van der Waals surface area (Å²) in [6, 6.07) is 17.0. The normalized spacial score (nSPS) is 11.2. The van der Waals surface area contributed by atoms with Gasteiger partial charge in [0.1, 0.15) is 17.1 Å². The van der Waals surface area contributed by atoms with Crippen molar-refractivity contribution in [2.24, 2.45) is 5.10 Å². The van der Waals surface area contributed by atoms with Crippen LogP contribution in [0, 0.1) is 6.92 Å². The first-order chi connectivity index (χ1) is 15.1. The van der Waals surface area contributed by atoms with Crippen LogP contribution in [0.3, 0.4) is 0 Å². The maximum atomic E-state index is 13.1. The van der Waals surface area contributed by atoms with Gasteiger partial charge in [0.05, 0.1) is 25.0 Å². The summed E-state index contributed by atoms with van der Waals surface area (Å²) in [7, 11) is 1.59. The lowest BCUT2D eigenvalue weighted by Crippen LogP contribution is -2.30. The Bertz CT molecular complexity index is 1310. The van der Waals surface area contributed by atoms with Gasteiger partial charge in [-0.1, -0.05) is 30.3 Å². The molecule has 4 rings (SSSR count). The lowest BCUT2D eigenvalue weighted by Gasteiger charge is -2.06. The molecule has 0 bridgehead atoms. The maximum Gasteiger partial charge on any atom is 0.263 e. The number of nitrogens with one attached hydrogen (secondary N) is 1. The van der Waals surface area contributed by atoms with Crippen LogP contribution < -0.4 is 15.7 Å². The maximum absolute atomic E-state index is 13.1. The zero-order valence-corrected chi connectivity index (χ0v) is 17.8. The number of methoxy groups -OCH3 is 1. The number of aryl methyl sites for hydroxylation is 1. The van der Waals surface area contributed by atoms with Gasteiger partial charge in [-0.15, -0.1) is 11.3 Å². The molecule has 0 saturated heterocycles. The first-order valence-electron chi connectivity index (χ1n) is 9.56. The van der Waals surface area contributed by atoms with Crippen LogP contribution in [0.2, 0.25) is 0 Å². The number of rotatable bonds is 6. The minimum Gasteiger partial charge on any atom is -0.497 e. The van der Waals surface area contributed by atoms with Crippen molar-refractivity contribution in [2.75, 3.05) is 7.11 Å². The summed E-state index contributed by atoms with van der Waals surface area (Å²) in [6.07, 6.45) is 2.93. The van der Waals surface area contributed by atoms with Crippen LogP contribution in [0.5, 0.6) is 5.75 Å². The molecule has 8 heteroatoms. The van der Waals surface area contributed by atoms with Crippen molar-refractivity contribution >= 4 is 33.7 Å². The monoisotopic (exact) mass is 432 g/mol. The summed E-state index contributed by atoms with van der Waals surface area (Å²) >= 11 is 1.47. The summed E-state index contributed by atoms with van der Waals surface area (Å²) in [6.45, 7) is 1.80. The van der Waals surface area contributed by atoms with E-state index in [9.17, 15) is 9.59 Å². The van der Waals surface area contributed by atoms with Crippen molar-refractivity contribution in [3.05, 3.63) is 81.7 Å². The molecule has 1 N–H and O–H groups in total. The molecule has 2 aromatic carbocycles. The number of nitrogens with zero attached hydrogens (tertiary/aromatic N) is 3. The number of hydrazone groups is 1. The molecule has 0 aliphatic heterocycles. The van der Waals surface area contributed by atoms with Gasteiger partial charge in [0.15, 0.2) is 0 Å². The second-order valence-corrected chi connectivity index (χ2v) is 8.03. The molecule has 0 aliphatic carbocycles. The Morgan fingerprint density at radius 1 is 1.19 bits per heavy atom. The van der Waals surface area contributed by atoms with Crippen LogP contribution in [0.4, 0.5) is 0 Å². The predicted molar refractivity (Wildman–Crippen MR) is 123 cm³/mol. The molecule has 0 unspecified atom stereocenters. The van der Waals surface area contributed by atoms with Crippen LogP contribution in [0.25, 0.3) is 21.3 Å².